The second-order valence-corrected chi connectivity index (χ2v) is 18.8. The average Bonchev–Trinajstić information content (AvgIpc) is 4.15. The number of nitrogens with one attached hydrogen (secondary N) is 1. The number of imidazole rings is 2. The van der Waals surface area contributed by atoms with Crippen molar-refractivity contribution in [2.24, 2.45) is 0 Å². The van der Waals surface area contributed by atoms with Gasteiger partial charge in [0.2, 0.25) is 23.7 Å². The third-order valence-electron chi connectivity index (χ3n) is 13.8. The summed E-state index contributed by atoms with van der Waals surface area (Å²) in [5.74, 6) is -2.70. The van der Waals surface area contributed by atoms with Crippen LogP contribution in [-0.4, -0.2) is 53.1 Å². The highest BCUT2D eigenvalue weighted by molar-refractivity contribution is 6.31. The summed E-state index contributed by atoms with van der Waals surface area (Å²) < 4.78 is 71.3. The van der Waals surface area contributed by atoms with Crippen LogP contribution in [0.4, 0.5) is 23.2 Å². The maximum Gasteiger partial charge on any atom is 0.250 e. The monoisotopic (exact) mass is 924 g/mol. The van der Waals surface area contributed by atoms with Gasteiger partial charge in [-0.25, -0.2) is 27.5 Å². The summed E-state index contributed by atoms with van der Waals surface area (Å²) in [6.45, 7) is 9.40. The first kappa shape index (κ1) is 43.8. The number of carbonyl (C=O) groups is 2. The Morgan fingerprint density at radius 3 is 1.70 bits per heavy atom. The first-order valence-corrected chi connectivity index (χ1v) is 22.9. The molecule has 2 aliphatic carbocycles. The van der Waals surface area contributed by atoms with Crippen LogP contribution in [-0.2, 0) is 9.59 Å². The number of nitrogens with zero attached hydrogens (tertiary/aromatic N) is 7. The summed E-state index contributed by atoms with van der Waals surface area (Å²) in [5.41, 5.74) is 9.86. The highest BCUT2D eigenvalue weighted by Gasteiger charge is 2.45. The molecule has 12 nitrogen and oxygen atoms in total. The lowest BCUT2D eigenvalue weighted by molar-refractivity contribution is -0.119. The van der Waals surface area contributed by atoms with Crippen LogP contribution in [0, 0.1) is 34.6 Å². The number of anilines is 1. The number of rotatable bonds is 7. The molecular formula is C49H49ClF4N8O4. The number of fused-ring (bicyclic) bond motifs is 2. The van der Waals surface area contributed by atoms with Gasteiger partial charge in [0, 0.05) is 72.4 Å². The number of hydrogen-bond donors (Lipinski definition) is 1. The largest absolute Gasteiger partial charge is 0.361 e. The average molecular weight is 925 g/mol. The van der Waals surface area contributed by atoms with Crippen molar-refractivity contribution < 1.29 is 36.2 Å². The van der Waals surface area contributed by atoms with Crippen molar-refractivity contribution in [3.63, 3.8) is 0 Å². The molecule has 66 heavy (non-hydrogen) atoms. The molecule has 2 amide bonds. The molecule has 6 heterocycles. The normalized spacial score (nSPS) is 22.5. The van der Waals surface area contributed by atoms with E-state index in [1.807, 2.05) is 92.3 Å². The number of carbonyl (C=O) groups excluding carboxylic acids is 2. The van der Waals surface area contributed by atoms with Crippen molar-refractivity contribution in [3.05, 3.63) is 99.7 Å². The molecule has 17 heteroatoms. The maximum absolute atomic E-state index is 14.4. The smallest absolute Gasteiger partial charge is 0.250 e. The third kappa shape index (κ3) is 7.83. The van der Waals surface area contributed by atoms with Crippen LogP contribution in [0.25, 0.3) is 44.3 Å². The first-order chi connectivity index (χ1) is 31.4. The zero-order chi connectivity index (χ0) is 46.4. The maximum atomic E-state index is 14.4. The minimum Gasteiger partial charge on any atom is -0.361 e. The Kier molecular flexibility index (Phi) is 10.9. The summed E-state index contributed by atoms with van der Waals surface area (Å²) in [5, 5.41) is 11.6. The Bertz CT molecular complexity index is 3020. The third-order valence-corrected chi connectivity index (χ3v) is 14.2. The predicted molar refractivity (Wildman–Crippen MR) is 241 cm³/mol. The van der Waals surface area contributed by atoms with Crippen LogP contribution in [0.3, 0.4) is 0 Å². The summed E-state index contributed by atoms with van der Waals surface area (Å²) in [6, 6.07) is 15.9. The van der Waals surface area contributed by atoms with Crippen molar-refractivity contribution in [2.45, 2.75) is 135 Å². The summed E-state index contributed by atoms with van der Waals surface area (Å²) in [4.78, 5) is 36.4. The number of alkyl halides is 4. The van der Waals surface area contributed by atoms with Gasteiger partial charge in [-0.2, -0.15) is 0 Å². The van der Waals surface area contributed by atoms with Crippen LogP contribution in [0.15, 0.2) is 63.6 Å². The van der Waals surface area contributed by atoms with Crippen molar-refractivity contribution in [1.82, 2.24) is 34.7 Å². The van der Waals surface area contributed by atoms with Gasteiger partial charge in [0.1, 0.15) is 23.2 Å². The molecule has 0 unspecified atom stereocenters. The van der Waals surface area contributed by atoms with Crippen LogP contribution in [0.1, 0.15) is 128 Å². The van der Waals surface area contributed by atoms with Gasteiger partial charge in [0.25, 0.3) is 0 Å². The Labute approximate surface area is 382 Å². The van der Waals surface area contributed by atoms with Crippen LogP contribution in [0.2, 0.25) is 5.02 Å². The molecular weight excluding hydrogens is 876 g/mol. The lowest BCUT2D eigenvalue weighted by Gasteiger charge is -2.27. The summed E-state index contributed by atoms with van der Waals surface area (Å²) >= 11 is 6.40. The van der Waals surface area contributed by atoms with Gasteiger partial charge >= 0.3 is 0 Å². The van der Waals surface area contributed by atoms with E-state index in [0.717, 1.165) is 61.5 Å². The van der Waals surface area contributed by atoms with Crippen molar-refractivity contribution in [2.75, 3.05) is 4.90 Å². The summed E-state index contributed by atoms with van der Waals surface area (Å²) in [7, 11) is 0. The fourth-order valence-corrected chi connectivity index (χ4v) is 10.8. The Hall–Kier alpha value is -6.03. The molecule has 7 aromatic rings. The predicted octanol–water partition coefficient (Wildman–Crippen LogP) is 12.1. The van der Waals surface area contributed by atoms with Gasteiger partial charge in [0.15, 0.2) is 0 Å². The van der Waals surface area contributed by atoms with Gasteiger partial charge in [0.05, 0.1) is 45.5 Å². The molecule has 2 saturated heterocycles. The van der Waals surface area contributed by atoms with E-state index in [0.29, 0.717) is 72.2 Å². The highest BCUT2D eigenvalue weighted by atomic mass is 35.5. The minimum atomic E-state index is -2.72. The van der Waals surface area contributed by atoms with Gasteiger partial charge in [-0.15, -0.1) is 0 Å². The molecule has 344 valence electrons. The van der Waals surface area contributed by atoms with Crippen molar-refractivity contribution in [1.29, 1.82) is 0 Å². The molecule has 4 fully saturated rings. The van der Waals surface area contributed by atoms with Crippen molar-refractivity contribution in [3.8, 4) is 22.3 Å². The molecule has 3 aromatic carbocycles. The molecule has 0 spiro atoms. The minimum absolute atomic E-state index is 0.0261. The van der Waals surface area contributed by atoms with Crippen LogP contribution < -0.4 is 10.2 Å². The molecule has 4 aliphatic rings. The number of aromatic nitrogens is 6. The number of amides is 2. The van der Waals surface area contributed by atoms with Gasteiger partial charge in [-0.05, 0) is 113 Å². The van der Waals surface area contributed by atoms with Gasteiger partial charge < -0.3 is 28.4 Å². The molecule has 0 radical (unpaired) electrons. The van der Waals surface area contributed by atoms with Crippen molar-refractivity contribution >= 4 is 51.2 Å². The molecule has 2 saturated carbocycles. The van der Waals surface area contributed by atoms with E-state index in [1.54, 1.807) is 11.0 Å². The van der Waals surface area contributed by atoms with Crippen LogP contribution >= 0.6 is 11.6 Å². The quantitative estimate of drug-likeness (QED) is 0.156. The fraction of sp³-hybridized carbons (Fsp3) is 0.429. The first-order valence-electron chi connectivity index (χ1n) is 22.5. The topological polar surface area (TPSA) is 137 Å². The van der Waals surface area contributed by atoms with E-state index < -0.39 is 17.9 Å². The Morgan fingerprint density at radius 2 is 1.23 bits per heavy atom. The van der Waals surface area contributed by atoms with Gasteiger partial charge in [-0.3, -0.25) is 9.59 Å². The molecule has 11 rings (SSSR count). The Balaban J connectivity index is 0.000000160. The molecule has 4 atom stereocenters. The fourth-order valence-electron chi connectivity index (χ4n) is 10.7. The van der Waals surface area contributed by atoms with E-state index in [1.165, 1.54) is 0 Å². The number of aryl methyl sites for hydroxylation is 5. The molecule has 4 aromatic heterocycles. The zero-order valence-corrected chi connectivity index (χ0v) is 38.0. The molecule has 1 N–H and O–H groups in total. The lowest BCUT2D eigenvalue weighted by Crippen LogP contribution is -2.30. The van der Waals surface area contributed by atoms with Crippen LogP contribution in [0.5, 0.6) is 0 Å². The van der Waals surface area contributed by atoms with E-state index >= 15 is 0 Å². The zero-order valence-electron chi connectivity index (χ0n) is 37.2. The van der Waals surface area contributed by atoms with Gasteiger partial charge in [-0.1, -0.05) is 40.1 Å². The second kappa shape index (κ2) is 16.4. The van der Waals surface area contributed by atoms with E-state index in [-0.39, 0.29) is 55.6 Å². The summed E-state index contributed by atoms with van der Waals surface area (Å²) in [6.07, 6.45) is 2.00. The number of benzene rings is 3. The number of hydrogen-bond acceptors (Lipinski definition) is 8. The van der Waals surface area contributed by atoms with E-state index in [2.05, 4.69) is 15.6 Å². The molecule has 2 aliphatic heterocycles. The SMILES string of the molecule is Cc1ccc(N2C(=O)CC[C@H]2c2nc3cc(-c4c(C)noc4C)ccc3n2[C@@H]2CCC(F)(F)C2)cc1Cl.Cc1noc(C)c1-c1ccc2c(c1)nc([C@@H]1CCC(=O)N1)n2[C@@H]1CCC(F)(F)C1. The Morgan fingerprint density at radius 1 is 0.682 bits per heavy atom. The molecule has 0 bridgehead atoms. The van der Waals surface area contributed by atoms with E-state index in [9.17, 15) is 27.2 Å². The number of halogens is 5. The standard InChI is InChI=1S/C28H27ClF2N4O2.C21H22F2N4O2/c1-15-4-6-19(13-21(15)29)34-24(8-9-25(34)36)27-32-22-12-18(26-16(2)33-37-17(26)3)5-7-23(22)35(27)20-10-11-28(30,31)14-20;1-11-19(12(2)29-26-11)13-3-5-17-16(9-13)25-20(15-4-6-18(28)24-15)27(17)14-7-8-21(22,23)10-14/h4-7,12-13,20,24H,8-11,14H2,1-3H3;3,5,9,14-15H,4,6-8,10H2,1-2H3,(H,24,28)/t20-,24+;14-,15+/m11/s1. The van der Waals surface area contributed by atoms with E-state index in [4.69, 9.17) is 30.6 Å². The lowest BCUT2D eigenvalue weighted by atomic mass is 10.0. The highest BCUT2D eigenvalue weighted by Crippen LogP contribution is 2.48. The second-order valence-electron chi connectivity index (χ2n) is 18.4.